The molecule has 1 heterocycles. The fourth-order valence-electron chi connectivity index (χ4n) is 2.01. The first kappa shape index (κ1) is 12.8. The Morgan fingerprint density at radius 3 is 2.44 bits per heavy atom. The van der Waals surface area contributed by atoms with Crippen LogP contribution in [0.4, 0.5) is 0 Å². The number of nitrogens with one attached hydrogen (secondary N) is 1. The zero-order valence-corrected chi connectivity index (χ0v) is 11.2. The van der Waals surface area contributed by atoms with Gasteiger partial charge in [-0.05, 0) is 18.4 Å². The highest BCUT2D eigenvalue weighted by Gasteiger charge is 2.08. The summed E-state index contributed by atoms with van der Waals surface area (Å²) >= 11 is 0. The molecule has 2 aromatic rings. The summed E-state index contributed by atoms with van der Waals surface area (Å²) in [5.41, 5.74) is 4.40. The molecule has 0 saturated carbocycles. The maximum Gasteiger partial charge on any atom is 0.137 e. The van der Waals surface area contributed by atoms with Crippen LogP contribution in [0.25, 0.3) is 11.4 Å². The summed E-state index contributed by atoms with van der Waals surface area (Å²) in [6.45, 7) is 6.50. The molecule has 0 fully saturated rings. The third kappa shape index (κ3) is 2.62. The molecule has 0 radical (unpaired) electrons. The number of aromatic amines is 1. The van der Waals surface area contributed by atoms with E-state index >= 15 is 0 Å². The van der Waals surface area contributed by atoms with Gasteiger partial charge in [-0.3, -0.25) is 0 Å². The molecule has 0 unspecified atom stereocenters. The summed E-state index contributed by atoms with van der Waals surface area (Å²) in [6.07, 6.45) is 0.604. The van der Waals surface area contributed by atoms with Crippen molar-refractivity contribution in [3.8, 4) is 11.4 Å². The number of hydrogen-bond acceptors (Lipinski definition) is 2. The second-order valence-electron chi connectivity index (χ2n) is 4.91. The lowest BCUT2D eigenvalue weighted by Gasteiger charge is -2.05. The van der Waals surface area contributed by atoms with Gasteiger partial charge in [-0.15, -0.1) is 0 Å². The van der Waals surface area contributed by atoms with Gasteiger partial charge in [0.25, 0.3) is 0 Å². The average Bonchev–Trinajstić information content (AvgIpc) is 2.72. The summed E-state index contributed by atoms with van der Waals surface area (Å²) in [7, 11) is 0. The molecule has 0 aliphatic carbocycles. The van der Waals surface area contributed by atoms with Gasteiger partial charge in [0.1, 0.15) is 5.82 Å². The summed E-state index contributed by atoms with van der Waals surface area (Å²) in [6, 6.07) is 8.47. The third-order valence-electron chi connectivity index (χ3n) is 3.18. The number of aliphatic hydroxyl groups is 1. The molecule has 3 nitrogen and oxygen atoms in total. The Balaban J connectivity index is 2.28. The van der Waals surface area contributed by atoms with Gasteiger partial charge < -0.3 is 10.1 Å². The molecule has 2 N–H and O–H groups in total. The smallest absolute Gasteiger partial charge is 0.137 e. The van der Waals surface area contributed by atoms with Crippen LogP contribution in [0.3, 0.4) is 0 Å². The van der Waals surface area contributed by atoms with Gasteiger partial charge in [0, 0.05) is 24.3 Å². The molecule has 96 valence electrons. The van der Waals surface area contributed by atoms with Crippen molar-refractivity contribution in [3.63, 3.8) is 0 Å². The highest BCUT2D eigenvalue weighted by molar-refractivity contribution is 5.56. The van der Waals surface area contributed by atoms with Crippen LogP contribution in [0.5, 0.6) is 0 Å². The second-order valence-corrected chi connectivity index (χ2v) is 4.91. The number of aromatic nitrogens is 2. The maximum absolute atomic E-state index is 8.97. The van der Waals surface area contributed by atoms with Gasteiger partial charge in [-0.2, -0.15) is 0 Å². The number of imidazole rings is 1. The number of aryl methyl sites for hydroxylation is 1. The Kier molecular flexibility index (Phi) is 3.82. The Hall–Kier alpha value is -1.61. The lowest BCUT2D eigenvalue weighted by atomic mass is 10.0. The Morgan fingerprint density at radius 1 is 1.22 bits per heavy atom. The monoisotopic (exact) mass is 244 g/mol. The van der Waals surface area contributed by atoms with E-state index in [0.717, 1.165) is 22.8 Å². The van der Waals surface area contributed by atoms with Crippen LogP contribution in [0.1, 0.15) is 36.7 Å². The third-order valence-corrected chi connectivity index (χ3v) is 3.18. The van der Waals surface area contributed by atoms with E-state index in [1.807, 2.05) is 6.92 Å². The van der Waals surface area contributed by atoms with E-state index in [9.17, 15) is 0 Å². The number of rotatable bonds is 4. The van der Waals surface area contributed by atoms with Crippen LogP contribution in [0.2, 0.25) is 0 Å². The van der Waals surface area contributed by atoms with Crippen molar-refractivity contribution in [2.75, 3.05) is 6.61 Å². The van der Waals surface area contributed by atoms with Crippen molar-refractivity contribution >= 4 is 0 Å². The minimum Gasteiger partial charge on any atom is -0.396 e. The van der Waals surface area contributed by atoms with Gasteiger partial charge in [0.05, 0.1) is 5.69 Å². The van der Waals surface area contributed by atoms with Crippen LogP contribution >= 0.6 is 0 Å². The molecule has 0 aliphatic rings. The standard InChI is InChI=1S/C15H20N2O/c1-10(2)12-4-6-13(7-5-12)15-16-11(3)14(17-15)8-9-18/h4-7,10,18H,8-9H2,1-3H3,(H,16,17). The van der Waals surface area contributed by atoms with Crippen LogP contribution in [0, 0.1) is 6.92 Å². The Morgan fingerprint density at radius 2 is 1.89 bits per heavy atom. The van der Waals surface area contributed by atoms with Crippen molar-refractivity contribution in [3.05, 3.63) is 41.2 Å². The fourth-order valence-corrected chi connectivity index (χ4v) is 2.01. The molecule has 0 atom stereocenters. The summed E-state index contributed by atoms with van der Waals surface area (Å²) in [5, 5.41) is 8.97. The van der Waals surface area contributed by atoms with Crippen molar-refractivity contribution in [2.24, 2.45) is 0 Å². The quantitative estimate of drug-likeness (QED) is 0.868. The van der Waals surface area contributed by atoms with E-state index in [-0.39, 0.29) is 6.61 Å². The molecule has 0 bridgehead atoms. The van der Waals surface area contributed by atoms with E-state index < -0.39 is 0 Å². The molecular weight excluding hydrogens is 224 g/mol. The summed E-state index contributed by atoms with van der Waals surface area (Å²) in [4.78, 5) is 7.80. The SMILES string of the molecule is Cc1[nH]c(-c2ccc(C(C)C)cc2)nc1CCO. The van der Waals surface area contributed by atoms with Gasteiger partial charge in [-0.1, -0.05) is 38.1 Å². The largest absolute Gasteiger partial charge is 0.396 e. The van der Waals surface area contributed by atoms with Gasteiger partial charge in [0.2, 0.25) is 0 Å². The summed E-state index contributed by atoms with van der Waals surface area (Å²) < 4.78 is 0. The van der Waals surface area contributed by atoms with Gasteiger partial charge in [-0.25, -0.2) is 4.98 Å². The molecule has 18 heavy (non-hydrogen) atoms. The average molecular weight is 244 g/mol. The van der Waals surface area contributed by atoms with E-state index in [2.05, 4.69) is 48.1 Å². The molecule has 1 aromatic heterocycles. The van der Waals surface area contributed by atoms with Gasteiger partial charge >= 0.3 is 0 Å². The molecular formula is C15H20N2O. The molecule has 0 saturated heterocycles. The predicted molar refractivity (Wildman–Crippen MR) is 73.6 cm³/mol. The van der Waals surface area contributed by atoms with E-state index in [0.29, 0.717) is 12.3 Å². The second kappa shape index (κ2) is 5.36. The topological polar surface area (TPSA) is 48.9 Å². The number of aliphatic hydroxyl groups excluding tert-OH is 1. The molecule has 3 heteroatoms. The molecule has 0 aliphatic heterocycles. The first-order valence-corrected chi connectivity index (χ1v) is 6.38. The molecule has 2 rings (SSSR count). The summed E-state index contributed by atoms with van der Waals surface area (Å²) in [5.74, 6) is 1.42. The Labute approximate surface area is 108 Å². The predicted octanol–water partition coefficient (Wildman–Crippen LogP) is 3.04. The van der Waals surface area contributed by atoms with Crippen LogP contribution < -0.4 is 0 Å². The first-order chi connectivity index (χ1) is 8.61. The van der Waals surface area contributed by atoms with Crippen molar-refractivity contribution in [2.45, 2.75) is 33.1 Å². The lowest BCUT2D eigenvalue weighted by Crippen LogP contribution is -1.92. The van der Waals surface area contributed by atoms with Crippen LogP contribution in [-0.2, 0) is 6.42 Å². The number of H-pyrrole nitrogens is 1. The minimum atomic E-state index is 0.136. The van der Waals surface area contributed by atoms with Crippen LogP contribution in [0.15, 0.2) is 24.3 Å². The van der Waals surface area contributed by atoms with Crippen molar-refractivity contribution in [1.29, 1.82) is 0 Å². The molecule has 0 spiro atoms. The molecule has 1 aromatic carbocycles. The van der Waals surface area contributed by atoms with Crippen molar-refractivity contribution in [1.82, 2.24) is 9.97 Å². The maximum atomic E-state index is 8.97. The highest BCUT2D eigenvalue weighted by Crippen LogP contribution is 2.21. The highest BCUT2D eigenvalue weighted by atomic mass is 16.3. The minimum absolute atomic E-state index is 0.136. The zero-order valence-electron chi connectivity index (χ0n) is 11.2. The van der Waals surface area contributed by atoms with Gasteiger partial charge in [0.15, 0.2) is 0 Å². The first-order valence-electron chi connectivity index (χ1n) is 6.38. The normalized spacial score (nSPS) is 11.2. The fraction of sp³-hybridized carbons (Fsp3) is 0.400. The van der Waals surface area contributed by atoms with Crippen LogP contribution in [-0.4, -0.2) is 21.7 Å². The lowest BCUT2D eigenvalue weighted by molar-refractivity contribution is 0.298. The zero-order chi connectivity index (χ0) is 13.1. The molecule has 0 amide bonds. The number of nitrogens with zero attached hydrogens (tertiary/aromatic N) is 1. The van der Waals surface area contributed by atoms with E-state index in [1.165, 1.54) is 5.56 Å². The van der Waals surface area contributed by atoms with E-state index in [4.69, 9.17) is 5.11 Å². The van der Waals surface area contributed by atoms with Crippen molar-refractivity contribution < 1.29 is 5.11 Å². The Bertz CT molecular complexity index is 512. The number of benzene rings is 1. The van der Waals surface area contributed by atoms with E-state index in [1.54, 1.807) is 0 Å². The number of hydrogen-bond donors (Lipinski definition) is 2.